The Morgan fingerprint density at radius 2 is 1.91 bits per heavy atom. The van der Waals surface area contributed by atoms with Crippen molar-refractivity contribution in [1.29, 1.82) is 5.26 Å². The Labute approximate surface area is 126 Å². The molecule has 1 fully saturated rings. The van der Waals surface area contributed by atoms with Gasteiger partial charge in [0.05, 0.1) is 6.07 Å². The van der Waals surface area contributed by atoms with Crippen molar-refractivity contribution >= 4 is 10.2 Å². The SMILES string of the molecule is CN(CCC#N)S(=O)(=O)N1CCC(C2(C(F)(F)F)N=N2)CC1. The zero-order valence-corrected chi connectivity index (χ0v) is 12.7. The lowest BCUT2D eigenvalue weighted by Gasteiger charge is -2.35. The summed E-state index contributed by atoms with van der Waals surface area (Å²) in [6.07, 6.45) is -4.36. The van der Waals surface area contributed by atoms with Crippen molar-refractivity contribution in [3.05, 3.63) is 0 Å². The molecule has 0 atom stereocenters. The van der Waals surface area contributed by atoms with E-state index in [0.717, 1.165) is 8.61 Å². The lowest BCUT2D eigenvalue weighted by Crippen LogP contribution is -2.50. The molecule has 0 spiro atoms. The zero-order chi connectivity index (χ0) is 16.6. The first kappa shape index (κ1) is 17.1. The third kappa shape index (κ3) is 2.95. The Hall–Kier alpha value is -1.25. The molecule has 7 nitrogen and oxygen atoms in total. The second-order valence-electron chi connectivity index (χ2n) is 5.33. The summed E-state index contributed by atoms with van der Waals surface area (Å²) in [5.74, 6) is -0.816. The van der Waals surface area contributed by atoms with Gasteiger partial charge < -0.3 is 0 Å². The lowest BCUT2D eigenvalue weighted by atomic mass is 9.87. The van der Waals surface area contributed by atoms with Crippen LogP contribution < -0.4 is 0 Å². The first-order valence-corrected chi connectivity index (χ1v) is 8.14. The molecule has 0 radical (unpaired) electrons. The van der Waals surface area contributed by atoms with E-state index in [1.54, 1.807) is 0 Å². The first-order chi connectivity index (χ1) is 10.1. The Bertz CT molecular complexity index is 584. The first-order valence-electron chi connectivity index (χ1n) is 6.74. The average molecular weight is 339 g/mol. The van der Waals surface area contributed by atoms with Gasteiger partial charge in [0.25, 0.3) is 15.9 Å². The fourth-order valence-corrected chi connectivity index (χ4v) is 3.96. The van der Waals surface area contributed by atoms with Gasteiger partial charge in [-0.2, -0.15) is 35.5 Å². The summed E-state index contributed by atoms with van der Waals surface area (Å²) >= 11 is 0. The maximum Gasteiger partial charge on any atom is 0.437 e. The summed E-state index contributed by atoms with van der Waals surface area (Å²) in [6.45, 7) is 0.0371. The highest BCUT2D eigenvalue weighted by molar-refractivity contribution is 7.86. The van der Waals surface area contributed by atoms with Crippen molar-refractivity contribution in [1.82, 2.24) is 8.61 Å². The third-order valence-electron chi connectivity index (χ3n) is 4.01. The average Bonchev–Trinajstić information content (AvgIpc) is 3.26. The largest absolute Gasteiger partial charge is 0.437 e. The van der Waals surface area contributed by atoms with Crippen molar-refractivity contribution in [3.63, 3.8) is 0 Å². The number of alkyl halides is 3. The summed E-state index contributed by atoms with van der Waals surface area (Å²) in [6, 6.07) is 1.85. The van der Waals surface area contributed by atoms with Gasteiger partial charge in [-0.05, 0) is 12.8 Å². The van der Waals surface area contributed by atoms with Crippen LogP contribution in [0.15, 0.2) is 10.2 Å². The molecule has 0 unspecified atom stereocenters. The normalized spacial score (nSPS) is 22.7. The van der Waals surface area contributed by atoms with Crippen LogP contribution in [0.25, 0.3) is 0 Å². The minimum Gasteiger partial charge on any atom is -0.198 e. The van der Waals surface area contributed by atoms with Gasteiger partial charge >= 0.3 is 6.18 Å². The molecular weight excluding hydrogens is 323 g/mol. The smallest absolute Gasteiger partial charge is 0.198 e. The lowest BCUT2D eigenvalue weighted by molar-refractivity contribution is -0.179. The van der Waals surface area contributed by atoms with E-state index in [2.05, 4.69) is 10.2 Å². The fourth-order valence-electron chi connectivity index (χ4n) is 2.57. The van der Waals surface area contributed by atoms with E-state index in [9.17, 15) is 21.6 Å². The molecule has 0 bridgehead atoms. The van der Waals surface area contributed by atoms with Crippen LogP contribution in [0.4, 0.5) is 13.2 Å². The molecule has 2 aliphatic heterocycles. The minimum atomic E-state index is -4.53. The number of rotatable bonds is 5. The van der Waals surface area contributed by atoms with Crippen molar-refractivity contribution in [2.45, 2.75) is 31.1 Å². The van der Waals surface area contributed by atoms with Crippen LogP contribution in [-0.2, 0) is 10.2 Å². The van der Waals surface area contributed by atoms with Gasteiger partial charge in [0.2, 0.25) is 0 Å². The third-order valence-corrected chi connectivity index (χ3v) is 6.00. The maximum absolute atomic E-state index is 12.9. The van der Waals surface area contributed by atoms with Gasteiger partial charge in [-0.1, -0.05) is 0 Å². The van der Waals surface area contributed by atoms with E-state index in [1.165, 1.54) is 7.05 Å². The van der Waals surface area contributed by atoms with Gasteiger partial charge in [-0.25, -0.2) is 0 Å². The summed E-state index contributed by atoms with van der Waals surface area (Å²) in [4.78, 5) is 0. The van der Waals surface area contributed by atoms with Crippen molar-refractivity contribution in [2.24, 2.45) is 16.1 Å². The topological polar surface area (TPSA) is 89.1 Å². The minimum absolute atomic E-state index is 0.00718. The van der Waals surface area contributed by atoms with Crippen LogP contribution in [0.5, 0.6) is 0 Å². The van der Waals surface area contributed by atoms with E-state index in [4.69, 9.17) is 5.26 Å². The van der Waals surface area contributed by atoms with Gasteiger partial charge in [-0.3, -0.25) is 0 Å². The number of hydrogen-bond donors (Lipinski definition) is 0. The standard InChI is InChI=1S/C11H16F3N5O2S/c1-18(6-2-5-15)22(20,21)19-7-3-9(4-8-19)10(16-17-10)11(12,13)14/h9H,2-4,6-8H2,1H3. The Kier molecular flexibility index (Phi) is 4.47. The van der Waals surface area contributed by atoms with Gasteiger partial charge in [0, 0.05) is 39.0 Å². The molecule has 0 aliphatic carbocycles. The summed E-state index contributed by atoms with van der Waals surface area (Å²) < 4.78 is 65.4. The molecule has 2 aliphatic rings. The van der Waals surface area contributed by atoms with Crippen molar-refractivity contribution in [2.75, 3.05) is 26.7 Å². The number of halogens is 3. The van der Waals surface area contributed by atoms with E-state index in [-0.39, 0.29) is 38.9 Å². The molecule has 124 valence electrons. The zero-order valence-electron chi connectivity index (χ0n) is 11.9. The molecule has 11 heteroatoms. The highest BCUT2D eigenvalue weighted by Crippen LogP contribution is 2.52. The summed E-state index contributed by atoms with van der Waals surface area (Å²) in [5, 5.41) is 14.8. The summed E-state index contributed by atoms with van der Waals surface area (Å²) in [5.41, 5.74) is -2.32. The molecule has 1 saturated heterocycles. The van der Waals surface area contributed by atoms with Crippen LogP contribution in [-0.4, -0.2) is 55.5 Å². The molecule has 0 N–H and O–H groups in total. The van der Waals surface area contributed by atoms with E-state index in [0.29, 0.717) is 0 Å². The quantitative estimate of drug-likeness (QED) is 0.760. The van der Waals surface area contributed by atoms with Crippen molar-refractivity contribution in [3.8, 4) is 6.07 Å². The molecule has 22 heavy (non-hydrogen) atoms. The number of hydrogen-bond acceptors (Lipinski definition) is 5. The van der Waals surface area contributed by atoms with Crippen LogP contribution >= 0.6 is 0 Å². The number of nitrogens with zero attached hydrogens (tertiary/aromatic N) is 5. The Balaban J connectivity index is 1.97. The van der Waals surface area contributed by atoms with Gasteiger partial charge in [0.15, 0.2) is 0 Å². The Morgan fingerprint density at radius 3 is 2.32 bits per heavy atom. The molecular formula is C11H16F3N5O2S. The van der Waals surface area contributed by atoms with E-state index < -0.39 is 28.0 Å². The predicted molar refractivity (Wildman–Crippen MR) is 69.7 cm³/mol. The van der Waals surface area contributed by atoms with Crippen molar-refractivity contribution < 1.29 is 21.6 Å². The predicted octanol–water partition coefficient (Wildman–Crippen LogP) is 1.51. The van der Waals surface area contributed by atoms with Crippen LogP contribution in [0.1, 0.15) is 19.3 Å². The molecule has 2 heterocycles. The fraction of sp³-hybridized carbons (Fsp3) is 0.909. The van der Waals surface area contributed by atoms with Crippen LogP contribution in [0.2, 0.25) is 0 Å². The molecule has 0 aromatic carbocycles. The highest BCUT2D eigenvalue weighted by atomic mass is 32.2. The number of piperidine rings is 1. The molecule has 0 saturated carbocycles. The Morgan fingerprint density at radius 1 is 1.36 bits per heavy atom. The maximum atomic E-state index is 12.9. The van der Waals surface area contributed by atoms with Crippen LogP contribution in [0.3, 0.4) is 0 Å². The second kappa shape index (κ2) is 5.75. The van der Waals surface area contributed by atoms with Crippen LogP contribution in [0, 0.1) is 17.2 Å². The molecule has 0 aromatic rings. The number of nitriles is 1. The molecule has 0 aromatic heterocycles. The molecule has 0 amide bonds. The van der Waals surface area contributed by atoms with E-state index >= 15 is 0 Å². The van der Waals surface area contributed by atoms with E-state index in [1.807, 2.05) is 6.07 Å². The second-order valence-corrected chi connectivity index (χ2v) is 7.37. The monoisotopic (exact) mass is 339 g/mol. The summed E-state index contributed by atoms with van der Waals surface area (Å²) in [7, 11) is -2.40. The van der Waals surface area contributed by atoms with Gasteiger partial charge in [-0.15, -0.1) is 10.2 Å². The molecule has 2 rings (SSSR count). The van der Waals surface area contributed by atoms with Gasteiger partial charge in [0.1, 0.15) is 0 Å². The highest BCUT2D eigenvalue weighted by Gasteiger charge is 2.68.